The summed E-state index contributed by atoms with van der Waals surface area (Å²) in [6, 6.07) is 18.0. The molecule has 142 valence electrons. The number of methoxy groups -OCH3 is 1. The molecule has 0 saturated heterocycles. The molecule has 0 spiro atoms. The molecular formula is C22H21N3O3. The van der Waals surface area contributed by atoms with Gasteiger partial charge in [0.1, 0.15) is 11.4 Å². The fourth-order valence-electron chi connectivity index (χ4n) is 2.74. The van der Waals surface area contributed by atoms with Gasteiger partial charge in [0, 0.05) is 18.3 Å². The van der Waals surface area contributed by atoms with Crippen molar-refractivity contribution in [3.8, 4) is 5.75 Å². The molecule has 0 atom stereocenters. The van der Waals surface area contributed by atoms with E-state index in [1.807, 2.05) is 37.3 Å². The van der Waals surface area contributed by atoms with E-state index in [-0.39, 0.29) is 11.6 Å². The minimum absolute atomic E-state index is 0.147. The second kappa shape index (κ2) is 8.81. The Morgan fingerprint density at radius 3 is 2.61 bits per heavy atom. The number of carbonyl (C=O) groups excluding carboxylic acids is 2. The van der Waals surface area contributed by atoms with Crippen LogP contribution in [0.2, 0.25) is 0 Å². The van der Waals surface area contributed by atoms with E-state index in [2.05, 4.69) is 15.6 Å². The normalized spacial score (nSPS) is 10.2. The minimum Gasteiger partial charge on any atom is -0.495 e. The Morgan fingerprint density at radius 2 is 1.82 bits per heavy atom. The number of amides is 2. The average molecular weight is 375 g/mol. The number of aromatic nitrogens is 1. The van der Waals surface area contributed by atoms with Gasteiger partial charge in [0.2, 0.25) is 0 Å². The average Bonchev–Trinajstić information content (AvgIpc) is 2.72. The summed E-state index contributed by atoms with van der Waals surface area (Å²) in [5, 5.41) is 5.61. The maximum atomic E-state index is 12.5. The summed E-state index contributed by atoms with van der Waals surface area (Å²) in [4.78, 5) is 29.0. The predicted molar refractivity (Wildman–Crippen MR) is 108 cm³/mol. The Kier molecular flexibility index (Phi) is 6.01. The maximum Gasteiger partial charge on any atom is 0.274 e. The highest BCUT2D eigenvalue weighted by Gasteiger charge is 2.13. The van der Waals surface area contributed by atoms with Crippen LogP contribution in [0.15, 0.2) is 66.9 Å². The zero-order chi connectivity index (χ0) is 19.9. The zero-order valence-electron chi connectivity index (χ0n) is 15.7. The van der Waals surface area contributed by atoms with Gasteiger partial charge in [-0.15, -0.1) is 0 Å². The molecule has 28 heavy (non-hydrogen) atoms. The van der Waals surface area contributed by atoms with E-state index in [4.69, 9.17) is 4.74 Å². The van der Waals surface area contributed by atoms with Gasteiger partial charge < -0.3 is 15.4 Å². The summed E-state index contributed by atoms with van der Waals surface area (Å²) < 4.78 is 5.23. The summed E-state index contributed by atoms with van der Waals surface area (Å²) in [5.41, 5.74) is 3.19. The van der Waals surface area contributed by atoms with Crippen LogP contribution in [0.1, 0.15) is 32.0 Å². The van der Waals surface area contributed by atoms with Crippen LogP contribution in [0.4, 0.5) is 5.69 Å². The largest absolute Gasteiger partial charge is 0.495 e. The van der Waals surface area contributed by atoms with Crippen LogP contribution in [-0.4, -0.2) is 23.9 Å². The molecule has 0 unspecified atom stereocenters. The first kappa shape index (κ1) is 19.1. The lowest BCUT2D eigenvalue weighted by Crippen LogP contribution is -2.23. The molecule has 0 aliphatic heterocycles. The molecule has 1 aromatic heterocycles. The number of anilines is 1. The second-order valence-corrected chi connectivity index (χ2v) is 6.26. The van der Waals surface area contributed by atoms with E-state index in [0.717, 1.165) is 11.1 Å². The summed E-state index contributed by atoms with van der Waals surface area (Å²) in [6.07, 6.45) is 1.44. The van der Waals surface area contributed by atoms with E-state index in [0.29, 0.717) is 23.5 Å². The number of benzene rings is 2. The topological polar surface area (TPSA) is 80.3 Å². The van der Waals surface area contributed by atoms with Gasteiger partial charge >= 0.3 is 0 Å². The molecule has 6 nitrogen and oxygen atoms in total. The first-order valence-electron chi connectivity index (χ1n) is 8.81. The number of hydrogen-bond acceptors (Lipinski definition) is 4. The van der Waals surface area contributed by atoms with Gasteiger partial charge in [0.15, 0.2) is 0 Å². The molecule has 0 aliphatic rings. The predicted octanol–water partition coefficient (Wildman–Crippen LogP) is 3.58. The third-order valence-corrected chi connectivity index (χ3v) is 4.15. The lowest BCUT2D eigenvalue weighted by atomic mass is 10.1. The second-order valence-electron chi connectivity index (χ2n) is 6.26. The molecule has 2 N–H and O–H groups in total. The number of nitrogens with one attached hydrogen (secondary N) is 2. The van der Waals surface area contributed by atoms with Crippen LogP contribution in [0.25, 0.3) is 0 Å². The van der Waals surface area contributed by atoms with Crippen molar-refractivity contribution in [1.29, 1.82) is 0 Å². The quantitative estimate of drug-likeness (QED) is 0.690. The summed E-state index contributed by atoms with van der Waals surface area (Å²) >= 11 is 0. The van der Waals surface area contributed by atoms with Crippen LogP contribution < -0.4 is 15.4 Å². The number of hydrogen-bond donors (Lipinski definition) is 2. The highest BCUT2D eigenvalue weighted by Crippen LogP contribution is 2.23. The molecule has 2 aromatic carbocycles. The first-order valence-corrected chi connectivity index (χ1v) is 8.81. The van der Waals surface area contributed by atoms with E-state index in [1.54, 1.807) is 24.3 Å². The lowest BCUT2D eigenvalue weighted by Gasteiger charge is -2.10. The monoisotopic (exact) mass is 375 g/mol. The van der Waals surface area contributed by atoms with Crippen molar-refractivity contribution in [2.24, 2.45) is 0 Å². The SMILES string of the molecule is COc1ccccc1NC(=O)c1cc(C(=O)NCc2cccc(C)c2)ccn1. The van der Waals surface area contributed by atoms with Crippen LogP contribution in [0.5, 0.6) is 5.75 Å². The van der Waals surface area contributed by atoms with E-state index >= 15 is 0 Å². The van der Waals surface area contributed by atoms with Crippen molar-refractivity contribution in [2.45, 2.75) is 13.5 Å². The molecule has 1 heterocycles. The molecule has 0 bridgehead atoms. The molecule has 3 aromatic rings. The van der Waals surface area contributed by atoms with E-state index in [9.17, 15) is 9.59 Å². The van der Waals surface area contributed by atoms with Crippen LogP contribution in [-0.2, 0) is 6.54 Å². The van der Waals surface area contributed by atoms with Gasteiger partial charge in [0.25, 0.3) is 11.8 Å². The Hall–Kier alpha value is -3.67. The number of pyridine rings is 1. The molecule has 0 aliphatic carbocycles. The summed E-state index contributed by atoms with van der Waals surface area (Å²) in [5.74, 6) is -0.143. The summed E-state index contributed by atoms with van der Waals surface area (Å²) in [7, 11) is 1.53. The smallest absolute Gasteiger partial charge is 0.274 e. The van der Waals surface area contributed by atoms with Crippen molar-refractivity contribution >= 4 is 17.5 Å². The number of para-hydroxylation sites is 2. The fourth-order valence-corrected chi connectivity index (χ4v) is 2.74. The van der Waals surface area contributed by atoms with Crippen molar-refractivity contribution in [3.63, 3.8) is 0 Å². The third kappa shape index (κ3) is 4.73. The van der Waals surface area contributed by atoms with Gasteiger partial charge in [-0.25, -0.2) is 0 Å². The number of aryl methyl sites for hydroxylation is 1. The Labute approximate surface area is 163 Å². The van der Waals surface area contributed by atoms with Gasteiger partial charge in [-0.1, -0.05) is 42.0 Å². The maximum absolute atomic E-state index is 12.5. The van der Waals surface area contributed by atoms with E-state index in [1.165, 1.54) is 19.4 Å². The third-order valence-electron chi connectivity index (χ3n) is 4.15. The van der Waals surface area contributed by atoms with Crippen LogP contribution >= 0.6 is 0 Å². The van der Waals surface area contributed by atoms with Gasteiger partial charge in [-0.05, 0) is 36.8 Å². The highest BCUT2D eigenvalue weighted by atomic mass is 16.5. The number of nitrogens with zero attached hydrogens (tertiary/aromatic N) is 1. The molecule has 3 rings (SSSR count). The van der Waals surface area contributed by atoms with Crippen molar-refractivity contribution in [1.82, 2.24) is 10.3 Å². The number of carbonyl (C=O) groups is 2. The molecule has 6 heteroatoms. The number of rotatable bonds is 6. The Morgan fingerprint density at radius 1 is 1.00 bits per heavy atom. The van der Waals surface area contributed by atoms with Crippen molar-refractivity contribution in [2.75, 3.05) is 12.4 Å². The summed E-state index contributed by atoms with van der Waals surface area (Å²) in [6.45, 7) is 2.41. The first-order chi connectivity index (χ1) is 13.6. The Balaban J connectivity index is 1.69. The number of ether oxygens (including phenoxy) is 1. The zero-order valence-corrected chi connectivity index (χ0v) is 15.7. The molecule has 2 amide bonds. The van der Waals surface area contributed by atoms with Crippen molar-refractivity contribution in [3.05, 3.63) is 89.2 Å². The molecule has 0 radical (unpaired) electrons. The fraction of sp³-hybridized carbons (Fsp3) is 0.136. The lowest BCUT2D eigenvalue weighted by molar-refractivity contribution is 0.0950. The highest BCUT2D eigenvalue weighted by molar-refractivity contribution is 6.05. The Bertz CT molecular complexity index is 1000. The minimum atomic E-state index is -0.419. The van der Waals surface area contributed by atoms with Crippen molar-refractivity contribution < 1.29 is 14.3 Å². The van der Waals surface area contributed by atoms with Crippen LogP contribution in [0, 0.1) is 6.92 Å². The van der Waals surface area contributed by atoms with Gasteiger partial charge in [0.05, 0.1) is 12.8 Å². The van der Waals surface area contributed by atoms with Crippen LogP contribution in [0.3, 0.4) is 0 Å². The molecular weight excluding hydrogens is 354 g/mol. The van der Waals surface area contributed by atoms with Gasteiger partial charge in [-0.3, -0.25) is 14.6 Å². The van der Waals surface area contributed by atoms with Gasteiger partial charge in [-0.2, -0.15) is 0 Å². The molecule has 0 fully saturated rings. The molecule has 0 saturated carbocycles. The standard InChI is InChI=1S/C22H21N3O3/c1-15-6-5-7-16(12-15)14-24-21(26)17-10-11-23-19(13-17)22(27)25-18-8-3-4-9-20(18)28-2/h3-13H,14H2,1-2H3,(H,24,26)(H,25,27). The van der Waals surface area contributed by atoms with E-state index < -0.39 is 5.91 Å².